The molecule has 3 rings (SSSR count). The number of amides is 2. The van der Waals surface area contributed by atoms with Gasteiger partial charge in [0.15, 0.2) is 5.82 Å². The zero-order valence-corrected chi connectivity index (χ0v) is 14.7. The number of aromatic nitrogens is 2. The second-order valence-corrected chi connectivity index (χ2v) is 6.53. The van der Waals surface area contributed by atoms with E-state index < -0.39 is 17.9 Å². The van der Waals surface area contributed by atoms with Gasteiger partial charge in [0.1, 0.15) is 6.54 Å². The number of carboxylic acids is 1. The van der Waals surface area contributed by atoms with E-state index in [4.69, 9.17) is 16.7 Å². The van der Waals surface area contributed by atoms with E-state index in [-0.39, 0.29) is 30.6 Å². The third-order valence-corrected chi connectivity index (χ3v) is 4.54. The molecule has 0 unspecified atom stereocenters. The zero-order valence-electron chi connectivity index (χ0n) is 13.9. The van der Waals surface area contributed by atoms with E-state index in [1.807, 2.05) is 6.07 Å². The molecule has 0 spiro atoms. The first kappa shape index (κ1) is 17.9. The quantitative estimate of drug-likeness (QED) is 0.827. The Labute approximate surface area is 154 Å². The van der Waals surface area contributed by atoms with Gasteiger partial charge < -0.3 is 15.3 Å². The summed E-state index contributed by atoms with van der Waals surface area (Å²) in [4.78, 5) is 37.1. The summed E-state index contributed by atoms with van der Waals surface area (Å²) < 4.78 is 1.21. The van der Waals surface area contributed by atoms with Crippen LogP contribution in [-0.2, 0) is 20.9 Å². The SMILES string of the molecule is CN1C(=O)C[C@H](C(=O)Nc2ccn(CC(=O)O)n2)[C@H]1c1cccc(Cl)c1. The van der Waals surface area contributed by atoms with E-state index in [0.717, 1.165) is 5.56 Å². The summed E-state index contributed by atoms with van der Waals surface area (Å²) >= 11 is 6.04. The molecule has 0 saturated carbocycles. The molecule has 2 amide bonds. The highest BCUT2D eigenvalue weighted by atomic mass is 35.5. The number of aliphatic carboxylic acids is 1. The number of benzene rings is 1. The Morgan fingerprint density at radius 1 is 1.38 bits per heavy atom. The third-order valence-electron chi connectivity index (χ3n) is 4.30. The van der Waals surface area contributed by atoms with Crippen molar-refractivity contribution in [1.82, 2.24) is 14.7 Å². The van der Waals surface area contributed by atoms with Gasteiger partial charge in [0.05, 0.1) is 12.0 Å². The van der Waals surface area contributed by atoms with Crippen molar-refractivity contribution < 1.29 is 19.5 Å². The van der Waals surface area contributed by atoms with Crippen molar-refractivity contribution in [3.8, 4) is 0 Å². The smallest absolute Gasteiger partial charge is 0.325 e. The lowest BCUT2D eigenvalue weighted by atomic mass is 9.93. The lowest BCUT2D eigenvalue weighted by molar-refractivity contribution is -0.138. The number of carbonyl (C=O) groups is 3. The number of anilines is 1. The van der Waals surface area contributed by atoms with E-state index in [1.54, 1.807) is 30.1 Å². The summed E-state index contributed by atoms with van der Waals surface area (Å²) in [7, 11) is 1.66. The molecule has 1 saturated heterocycles. The molecule has 1 aromatic carbocycles. The van der Waals surface area contributed by atoms with Crippen LogP contribution in [0.15, 0.2) is 36.5 Å². The van der Waals surface area contributed by atoms with Crippen LogP contribution in [0.3, 0.4) is 0 Å². The van der Waals surface area contributed by atoms with Crippen LogP contribution in [0.2, 0.25) is 5.02 Å². The molecule has 1 aromatic heterocycles. The molecule has 2 atom stereocenters. The van der Waals surface area contributed by atoms with Crippen molar-refractivity contribution in [2.45, 2.75) is 19.0 Å². The summed E-state index contributed by atoms with van der Waals surface area (Å²) in [6.45, 7) is -0.300. The first-order valence-corrected chi connectivity index (χ1v) is 8.30. The van der Waals surface area contributed by atoms with Crippen LogP contribution in [0.25, 0.3) is 0 Å². The predicted octanol–water partition coefficient (Wildman–Crippen LogP) is 1.78. The maximum absolute atomic E-state index is 12.7. The van der Waals surface area contributed by atoms with E-state index >= 15 is 0 Å². The highest BCUT2D eigenvalue weighted by Crippen LogP contribution is 2.38. The minimum absolute atomic E-state index is 0.0787. The lowest BCUT2D eigenvalue weighted by Crippen LogP contribution is -2.30. The van der Waals surface area contributed by atoms with Crippen molar-refractivity contribution in [3.05, 3.63) is 47.1 Å². The van der Waals surface area contributed by atoms with Gasteiger partial charge in [-0.25, -0.2) is 0 Å². The number of likely N-dealkylation sites (tertiary alicyclic amines) is 1. The number of hydrogen-bond donors (Lipinski definition) is 2. The molecule has 1 fully saturated rings. The molecule has 2 heterocycles. The summed E-state index contributed by atoms with van der Waals surface area (Å²) in [5.74, 6) is -1.88. The highest BCUT2D eigenvalue weighted by Gasteiger charge is 2.42. The molecule has 26 heavy (non-hydrogen) atoms. The highest BCUT2D eigenvalue weighted by molar-refractivity contribution is 6.30. The maximum Gasteiger partial charge on any atom is 0.325 e. The van der Waals surface area contributed by atoms with Crippen LogP contribution in [-0.4, -0.2) is 44.6 Å². The summed E-state index contributed by atoms with van der Waals surface area (Å²) in [5.41, 5.74) is 0.780. The second kappa shape index (κ2) is 7.17. The van der Waals surface area contributed by atoms with E-state index in [1.165, 1.54) is 16.9 Å². The van der Waals surface area contributed by atoms with E-state index in [0.29, 0.717) is 5.02 Å². The second-order valence-electron chi connectivity index (χ2n) is 6.10. The number of carbonyl (C=O) groups excluding carboxylic acids is 2. The Bertz CT molecular complexity index is 866. The zero-order chi connectivity index (χ0) is 18.8. The minimum Gasteiger partial charge on any atom is -0.480 e. The van der Waals surface area contributed by atoms with Crippen LogP contribution < -0.4 is 5.32 Å². The number of rotatable bonds is 5. The summed E-state index contributed by atoms with van der Waals surface area (Å²) in [5, 5.41) is 16.0. The Hall–Kier alpha value is -2.87. The first-order chi connectivity index (χ1) is 12.3. The fourth-order valence-corrected chi connectivity index (χ4v) is 3.32. The van der Waals surface area contributed by atoms with Crippen molar-refractivity contribution in [2.75, 3.05) is 12.4 Å². The van der Waals surface area contributed by atoms with Gasteiger partial charge in [0.25, 0.3) is 0 Å². The molecular weight excluding hydrogens is 360 g/mol. The van der Waals surface area contributed by atoms with Crippen molar-refractivity contribution in [2.24, 2.45) is 5.92 Å². The van der Waals surface area contributed by atoms with Crippen LogP contribution in [0, 0.1) is 5.92 Å². The molecular formula is C17H17ClN4O4. The fourth-order valence-electron chi connectivity index (χ4n) is 3.13. The molecule has 8 nitrogen and oxygen atoms in total. The Morgan fingerprint density at radius 3 is 2.85 bits per heavy atom. The van der Waals surface area contributed by atoms with Crippen molar-refractivity contribution in [1.29, 1.82) is 0 Å². The normalized spacial score (nSPS) is 19.6. The largest absolute Gasteiger partial charge is 0.480 e. The Balaban J connectivity index is 1.79. The molecule has 9 heteroatoms. The van der Waals surface area contributed by atoms with Crippen molar-refractivity contribution in [3.63, 3.8) is 0 Å². The van der Waals surface area contributed by atoms with E-state index in [9.17, 15) is 14.4 Å². The van der Waals surface area contributed by atoms with Gasteiger partial charge in [0, 0.05) is 30.8 Å². The molecule has 1 aliphatic heterocycles. The number of nitrogens with one attached hydrogen (secondary N) is 1. The van der Waals surface area contributed by atoms with E-state index in [2.05, 4.69) is 10.4 Å². The van der Waals surface area contributed by atoms with Crippen LogP contribution in [0.5, 0.6) is 0 Å². The summed E-state index contributed by atoms with van der Waals surface area (Å²) in [6, 6.07) is 8.15. The standard InChI is InChI=1S/C17H17ClN4O4/c1-21-14(23)8-12(16(21)10-3-2-4-11(18)7-10)17(26)19-13-5-6-22(20-13)9-15(24)25/h2-7,12,16H,8-9H2,1H3,(H,24,25)(H,19,20,26)/t12-,16+/m0/s1. The predicted molar refractivity (Wildman–Crippen MR) is 93.6 cm³/mol. The Kier molecular flexibility index (Phi) is 4.94. The number of halogens is 1. The maximum atomic E-state index is 12.7. The van der Waals surface area contributed by atoms with Gasteiger partial charge in [-0.15, -0.1) is 0 Å². The first-order valence-electron chi connectivity index (χ1n) is 7.92. The van der Waals surface area contributed by atoms with Gasteiger partial charge in [-0.1, -0.05) is 23.7 Å². The fraction of sp³-hybridized carbons (Fsp3) is 0.294. The van der Waals surface area contributed by atoms with Crippen LogP contribution in [0.4, 0.5) is 5.82 Å². The lowest BCUT2D eigenvalue weighted by Gasteiger charge is -2.24. The molecule has 2 N–H and O–H groups in total. The van der Waals surface area contributed by atoms with Crippen LogP contribution >= 0.6 is 11.6 Å². The van der Waals surface area contributed by atoms with Gasteiger partial charge in [-0.2, -0.15) is 5.10 Å². The number of carboxylic acid groups (broad SMARTS) is 1. The van der Waals surface area contributed by atoms with Crippen molar-refractivity contribution >= 4 is 35.2 Å². The minimum atomic E-state index is -1.03. The van der Waals surface area contributed by atoms with Gasteiger partial charge in [-0.3, -0.25) is 19.1 Å². The number of hydrogen-bond acceptors (Lipinski definition) is 4. The van der Waals surface area contributed by atoms with Gasteiger partial charge in [0.2, 0.25) is 11.8 Å². The topological polar surface area (TPSA) is 105 Å². The average molecular weight is 377 g/mol. The van der Waals surface area contributed by atoms with Crippen LogP contribution in [0.1, 0.15) is 18.0 Å². The molecule has 136 valence electrons. The average Bonchev–Trinajstić information content (AvgIpc) is 3.11. The van der Waals surface area contributed by atoms with Gasteiger partial charge in [-0.05, 0) is 17.7 Å². The monoisotopic (exact) mass is 376 g/mol. The van der Waals surface area contributed by atoms with Gasteiger partial charge >= 0.3 is 5.97 Å². The summed E-state index contributed by atoms with van der Waals surface area (Å²) in [6.07, 6.45) is 1.54. The molecule has 2 aromatic rings. The Morgan fingerprint density at radius 2 is 2.15 bits per heavy atom. The number of nitrogens with zero attached hydrogens (tertiary/aromatic N) is 3. The molecule has 1 aliphatic rings. The third kappa shape index (κ3) is 3.70. The molecule has 0 bridgehead atoms. The molecule has 0 aliphatic carbocycles. The molecule has 0 radical (unpaired) electrons.